The van der Waals surface area contributed by atoms with Gasteiger partial charge in [0, 0.05) is 0 Å². The van der Waals surface area contributed by atoms with Crippen molar-refractivity contribution < 1.29 is 4.39 Å². The van der Waals surface area contributed by atoms with E-state index in [-0.39, 0.29) is 6.67 Å². The predicted molar refractivity (Wildman–Crippen MR) is 36.0 cm³/mol. The van der Waals surface area contributed by atoms with Gasteiger partial charge >= 0.3 is 0 Å². The van der Waals surface area contributed by atoms with E-state index in [1.54, 1.807) is 12.1 Å². The van der Waals surface area contributed by atoms with Crippen LogP contribution in [0.25, 0.3) is 0 Å². The van der Waals surface area contributed by atoms with Gasteiger partial charge in [0.25, 0.3) is 0 Å². The van der Waals surface area contributed by atoms with E-state index in [2.05, 4.69) is 0 Å². The lowest BCUT2D eigenvalue weighted by Gasteiger charge is -1.92. The third-order valence-electron chi connectivity index (χ3n) is 1.27. The molecule has 0 spiro atoms. The molecule has 1 heteroatoms. The second-order valence-electron chi connectivity index (χ2n) is 2.12. The van der Waals surface area contributed by atoms with Crippen molar-refractivity contribution >= 4 is 0 Å². The molecule has 0 amide bonds. The highest BCUT2D eigenvalue weighted by atomic mass is 19.1. The van der Waals surface area contributed by atoms with Crippen molar-refractivity contribution in [1.29, 1.82) is 0 Å². The number of benzene rings is 1. The third kappa shape index (κ3) is 1.53. The van der Waals surface area contributed by atoms with E-state index in [0.29, 0.717) is 0 Å². The highest BCUT2D eigenvalue weighted by molar-refractivity contribution is 5.20. The molecule has 0 aliphatic rings. The van der Waals surface area contributed by atoms with Gasteiger partial charge < -0.3 is 0 Å². The van der Waals surface area contributed by atoms with Crippen molar-refractivity contribution in [2.24, 2.45) is 0 Å². The summed E-state index contributed by atoms with van der Waals surface area (Å²) in [6.45, 7) is 1.63. The molecule has 0 saturated carbocycles. The minimum absolute atomic E-state index is 0.361. The topological polar surface area (TPSA) is 0 Å². The molecule has 0 fully saturated rings. The molecule has 0 heterocycles. The largest absolute Gasteiger partial charge is 0.246 e. The van der Waals surface area contributed by atoms with Crippen molar-refractivity contribution in [2.75, 3.05) is 0 Å². The Morgan fingerprint density at radius 3 is 2.22 bits per heavy atom. The van der Waals surface area contributed by atoms with Crippen molar-refractivity contribution in [3.63, 3.8) is 0 Å². The fourth-order valence-electron chi connectivity index (χ4n) is 0.677. The molecule has 9 heavy (non-hydrogen) atoms. The second kappa shape index (κ2) is 2.62. The number of halogens is 1. The summed E-state index contributed by atoms with van der Waals surface area (Å²) in [6.07, 6.45) is 0. The van der Waals surface area contributed by atoms with E-state index in [1.165, 1.54) is 5.56 Å². The zero-order valence-corrected chi connectivity index (χ0v) is 5.39. The van der Waals surface area contributed by atoms with Crippen LogP contribution in [-0.2, 0) is 6.67 Å². The Kier molecular flexibility index (Phi) is 1.83. The van der Waals surface area contributed by atoms with Crippen LogP contribution >= 0.6 is 0 Å². The summed E-state index contributed by atoms with van der Waals surface area (Å²) in [5.41, 5.74) is 1.92. The summed E-state index contributed by atoms with van der Waals surface area (Å²) in [7, 11) is 0. The molecule has 0 bridgehead atoms. The molecule has 0 unspecified atom stereocenters. The van der Waals surface area contributed by atoms with Gasteiger partial charge in [-0.2, -0.15) is 0 Å². The third-order valence-corrected chi connectivity index (χ3v) is 1.27. The highest BCUT2D eigenvalue weighted by Crippen LogP contribution is 2.03. The minimum atomic E-state index is -0.361. The first-order valence-corrected chi connectivity index (χ1v) is 2.94. The zero-order valence-electron chi connectivity index (χ0n) is 5.39. The monoisotopic (exact) mass is 124 g/mol. The molecule has 0 radical (unpaired) electrons. The first-order chi connectivity index (χ1) is 4.33. The Hall–Kier alpha value is -0.850. The van der Waals surface area contributed by atoms with Crippen LogP contribution in [0.2, 0.25) is 0 Å². The molecule has 48 valence electrons. The Morgan fingerprint density at radius 2 is 1.78 bits per heavy atom. The van der Waals surface area contributed by atoms with E-state index in [1.807, 2.05) is 19.1 Å². The molecule has 0 aliphatic heterocycles. The van der Waals surface area contributed by atoms with Gasteiger partial charge in [0.1, 0.15) is 6.67 Å². The highest BCUT2D eigenvalue weighted by Gasteiger charge is 1.87. The molecule has 0 nitrogen and oxygen atoms in total. The standard InChI is InChI=1S/C8H9F/c1-7-2-4-8(6-9)5-3-7/h2-5H,6H2,1H3. The summed E-state index contributed by atoms with van der Waals surface area (Å²) >= 11 is 0. The maximum Gasteiger partial charge on any atom is 0.115 e. The number of hydrogen-bond donors (Lipinski definition) is 0. The molecule has 0 aliphatic carbocycles. The van der Waals surface area contributed by atoms with Crippen LogP contribution in [0.15, 0.2) is 24.3 Å². The maximum atomic E-state index is 11.9. The summed E-state index contributed by atoms with van der Waals surface area (Å²) in [5.74, 6) is 0. The van der Waals surface area contributed by atoms with E-state index >= 15 is 0 Å². The van der Waals surface area contributed by atoms with Crippen LogP contribution in [0.4, 0.5) is 4.39 Å². The summed E-state index contributed by atoms with van der Waals surface area (Å²) in [6, 6.07) is 7.43. The van der Waals surface area contributed by atoms with E-state index in [0.717, 1.165) is 5.56 Å². The normalized spacial score (nSPS) is 9.56. The number of hydrogen-bond acceptors (Lipinski definition) is 0. The summed E-state index contributed by atoms with van der Waals surface area (Å²) in [4.78, 5) is 0. The van der Waals surface area contributed by atoms with Crippen LogP contribution in [0, 0.1) is 6.92 Å². The quantitative estimate of drug-likeness (QED) is 0.539. The Balaban J connectivity index is 2.88. The molecule has 0 N–H and O–H groups in total. The van der Waals surface area contributed by atoms with Crippen molar-refractivity contribution in [3.05, 3.63) is 35.4 Å². The van der Waals surface area contributed by atoms with E-state index in [4.69, 9.17) is 0 Å². The lowest BCUT2D eigenvalue weighted by Crippen LogP contribution is -1.76. The predicted octanol–water partition coefficient (Wildman–Crippen LogP) is 2.46. The van der Waals surface area contributed by atoms with Gasteiger partial charge in [-0.05, 0) is 12.5 Å². The van der Waals surface area contributed by atoms with E-state index in [9.17, 15) is 4.39 Å². The van der Waals surface area contributed by atoms with Crippen LogP contribution in [-0.4, -0.2) is 0 Å². The molecule has 1 aromatic carbocycles. The molecule has 1 rings (SSSR count). The van der Waals surface area contributed by atoms with Gasteiger partial charge in [-0.1, -0.05) is 29.8 Å². The van der Waals surface area contributed by atoms with Crippen LogP contribution < -0.4 is 0 Å². The average molecular weight is 124 g/mol. The van der Waals surface area contributed by atoms with E-state index < -0.39 is 0 Å². The van der Waals surface area contributed by atoms with Crippen LogP contribution in [0.3, 0.4) is 0 Å². The number of alkyl halides is 1. The van der Waals surface area contributed by atoms with Gasteiger partial charge in [-0.3, -0.25) is 0 Å². The first-order valence-electron chi connectivity index (χ1n) is 2.94. The Morgan fingerprint density at radius 1 is 1.22 bits per heavy atom. The molecule has 0 saturated heterocycles. The average Bonchev–Trinajstić information content (AvgIpc) is 1.90. The van der Waals surface area contributed by atoms with Crippen molar-refractivity contribution in [3.8, 4) is 0 Å². The summed E-state index contributed by atoms with van der Waals surface area (Å²) in [5, 5.41) is 0. The molecule has 0 atom stereocenters. The van der Waals surface area contributed by atoms with Crippen molar-refractivity contribution in [1.82, 2.24) is 0 Å². The van der Waals surface area contributed by atoms with Gasteiger partial charge in [0.05, 0.1) is 0 Å². The van der Waals surface area contributed by atoms with Gasteiger partial charge in [-0.25, -0.2) is 4.39 Å². The lowest BCUT2D eigenvalue weighted by molar-refractivity contribution is 0.485. The summed E-state index contributed by atoms with van der Waals surface area (Å²) < 4.78 is 11.9. The van der Waals surface area contributed by atoms with Crippen LogP contribution in [0.5, 0.6) is 0 Å². The lowest BCUT2D eigenvalue weighted by atomic mass is 10.2. The molecular weight excluding hydrogens is 115 g/mol. The SMILES string of the molecule is Cc1ccc(CF)cc1. The second-order valence-corrected chi connectivity index (χ2v) is 2.12. The Labute approximate surface area is 54.3 Å². The molecule has 0 aromatic heterocycles. The van der Waals surface area contributed by atoms with Crippen molar-refractivity contribution in [2.45, 2.75) is 13.6 Å². The fourth-order valence-corrected chi connectivity index (χ4v) is 0.677. The van der Waals surface area contributed by atoms with Gasteiger partial charge in [0.2, 0.25) is 0 Å². The molecule has 1 aromatic rings. The number of rotatable bonds is 1. The molecular formula is C8H9F. The van der Waals surface area contributed by atoms with Crippen LogP contribution in [0.1, 0.15) is 11.1 Å². The minimum Gasteiger partial charge on any atom is -0.246 e. The zero-order chi connectivity index (χ0) is 6.69. The van der Waals surface area contributed by atoms with Gasteiger partial charge in [-0.15, -0.1) is 0 Å². The number of aryl methyl sites for hydroxylation is 1. The first kappa shape index (κ1) is 6.27. The van der Waals surface area contributed by atoms with Gasteiger partial charge in [0.15, 0.2) is 0 Å². The Bertz CT molecular complexity index is 176. The fraction of sp³-hybridized carbons (Fsp3) is 0.250. The smallest absolute Gasteiger partial charge is 0.115 e. The maximum absolute atomic E-state index is 11.9.